The van der Waals surface area contributed by atoms with Gasteiger partial charge in [-0.15, -0.1) is 0 Å². The number of anilines is 1. The van der Waals surface area contributed by atoms with E-state index in [4.69, 9.17) is 4.42 Å². The number of carbonyl (C=O) groups excluding carboxylic acids is 2. The lowest BCUT2D eigenvalue weighted by Crippen LogP contribution is -2.38. The van der Waals surface area contributed by atoms with E-state index in [-0.39, 0.29) is 11.8 Å². The van der Waals surface area contributed by atoms with Crippen molar-refractivity contribution in [3.05, 3.63) is 83.6 Å². The van der Waals surface area contributed by atoms with Crippen molar-refractivity contribution in [1.82, 2.24) is 9.88 Å². The number of nitrogens with zero attached hydrogens (tertiary/aromatic N) is 2. The van der Waals surface area contributed by atoms with Gasteiger partial charge in [0.1, 0.15) is 12.0 Å². The normalized spacial score (nSPS) is 16.0. The summed E-state index contributed by atoms with van der Waals surface area (Å²) in [7, 11) is 1.96. The largest absolute Gasteiger partial charge is 0.442 e. The van der Waals surface area contributed by atoms with Gasteiger partial charge >= 0.3 is 0 Å². The topological polar surface area (TPSA) is 95.7 Å². The first-order valence-electron chi connectivity index (χ1n) is 12.8. The maximum absolute atomic E-state index is 12.3. The van der Waals surface area contributed by atoms with Gasteiger partial charge in [-0.3, -0.25) is 9.59 Å². The Bertz CT molecular complexity index is 1120. The number of amides is 1. The van der Waals surface area contributed by atoms with Crippen molar-refractivity contribution < 1.29 is 19.1 Å². The molecule has 190 valence electrons. The van der Waals surface area contributed by atoms with E-state index in [1.807, 2.05) is 37.4 Å². The Morgan fingerprint density at radius 1 is 1.11 bits per heavy atom. The van der Waals surface area contributed by atoms with Crippen LogP contribution in [0.3, 0.4) is 0 Å². The van der Waals surface area contributed by atoms with Crippen LogP contribution in [0.4, 0.5) is 5.69 Å². The molecule has 1 heterocycles. The van der Waals surface area contributed by atoms with Crippen LogP contribution < -0.4 is 5.32 Å². The van der Waals surface area contributed by atoms with E-state index in [0.717, 1.165) is 43.3 Å². The van der Waals surface area contributed by atoms with Gasteiger partial charge in [-0.1, -0.05) is 49.6 Å². The van der Waals surface area contributed by atoms with E-state index in [0.29, 0.717) is 43.1 Å². The van der Waals surface area contributed by atoms with Crippen LogP contribution >= 0.6 is 0 Å². The van der Waals surface area contributed by atoms with Gasteiger partial charge in [0.05, 0.1) is 6.20 Å². The van der Waals surface area contributed by atoms with Crippen LogP contribution in [0.2, 0.25) is 0 Å². The van der Waals surface area contributed by atoms with Gasteiger partial charge in [0.15, 0.2) is 5.60 Å². The molecule has 1 unspecified atom stereocenters. The summed E-state index contributed by atoms with van der Waals surface area (Å²) in [4.78, 5) is 29.6. The molecule has 1 aromatic heterocycles. The first-order chi connectivity index (χ1) is 17.5. The molecule has 1 atom stereocenters. The van der Waals surface area contributed by atoms with E-state index < -0.39 is 5.60 Å². The molecular weight excluding hydrogens is 454 g/mol. The van der Waals surface area contributed by atoms with Gasteiger partial charge in [0.25, 0.3) is 0 Å². The highest BCUT2D eigenvalue weighted by atomic mass is 16.4. The van der Waals surface area contributed by atoms with Crippen molar-refractivity contribution in [3.63, 3.8) is 0 Å². The third kappa shape index (κ3) is 6.28. The maximum atomic E-state index is 12.3. The maximum Gasteiger partial charge on any atom is 0.231 e. The van der Waals surface area contributed by atoms with Crippen LogP contribution in [0.5, 0.6) is 0 Å². The SMILES string of the molecule is CN(CCC(=O)Nc1ccc(C=O)cc1)CCc1cnc(C(O)(c2ccccc2)C2CCCCC2)o1. The van der Waals surface area contributed by atoms with E-state index in [1.165, 1.54) is 6.42 Å². The van der Waals surface area contributed by atoms with E-state index >= 15 is 0 Å². The van der Waals surface area contributed by atoms with E-state index in [2.05, 4.69) is 15.2 Å². The highest BCUT2D eigenvalue weighted by Crippen LogP contribution is 2.43. The Labute approximate surface area is 212 Å². The molecule has 0 saturated heterocycles. The van der Waals surface area contributed by atoms with E-state index in [9.17, 15) is 14.7 Å². The number of benzene rings is 2. The van der Waals surface area contributed by atoms with Crippen molar-refractivity contribution in [1.29, 1.82) is 0 Å². The highest BCUT2D eigenvalue weighted by Gasteiger charge is 2.44. The summed E-state index contributed by atoms with van der Waals surface area (Å²) in [6.07, 6.45) is 8.80. The van der Waals surface area contributed by atoms with E-state index in [1.54, 1.807) is 30.5 Å². The van der Waals surface area contributed by atoms with Crippen LogP contribution in [-0.4, -0.2) is 47.3 Å². The third-order valence-corrected chi connectivity index (χ3v) is 7.08. The summed E-state index contributed by atoms with van der Waals surface area (Å²) < 4.78 is 6.14. The summed E-state index contributed by atoms with van der Waals surface area (Å²) >= 11 is 0. The van der Waals surface area contributed by atoms with Gasteiger partial charge in [-0.25, -0.2) is 4.98 Å². The number of hydrogen-bond acceptors (Lipinski definition) is 6. The minimum Gasteiger partial charge on any atom is -0.442 e. The Kier molecular flexibility index (Phi) is 8.67. The molecule has 0 spiro atoms. The number of rotatable bonds is 11. The molecule has 1 amide bonds. The molecule has 0 radical (unpaired) electrons. The quantitative estimate of drug-likeness (QED) is 0.376. The molecule has 1 fully saturated rings. The van der Waals surface area contributed by atoms with Crippen LogP contribution in [0.25, 0.3) is 0 Å². The highest BCUT2D eigenvalue weighted by molar-refractivity contribution is 5.91. The third-order valence-electron chi connectivity index (χ3n) is 7.08. The van der Waals surface area contributed by atoms with Crippen molar-refractivity contribution in [2.24, 2.45) is 5.92 Å². The van der Waals surface area contributed by atoms with Crippen LogP contribution in [0, 0.1) is 5.92 Å². The number of oxazole rings is 1. The molecule has 3 aromatic rings. The minimum absolute atomic E-state index is 0.0796. The molecular formula is C29H35N3O4. The Balaban J connectivity index is 1.32. The lowest BCUT2D eigenvalue weighted by Gasteiger charge is -2.36. The average Bonchev–Trinajstić information content (AvgIpc) is 3.41. The van der Waals surface area contributed by atoms with Crippen molar-refractivity contribution in [3.8, 4) is 0 Å². The second kappa shape index (κ2) is 12.1. The average molecular weight is 490 g/mol. The zero-order valence-electron chi connectivity index (χ0n) is 20.9. The summed E-state index contributed by atoms with van der Waals surface area (Å²) in [5.41, 5.74) is 0.846. The molecule has 7 nitrogen and oxygen atoms in total. The summed E-state index contributed by atoms with van der Waals surface area (Å²) in [6, 6.07) is 16.5. The molecule has 0 bridgehead atoms. The van der Waals surface area contributed by atoms with Crippen LogP contribution in [-0.2, 0) is 16.8 Å². The number of nitrogens with one attached hydrogen (secondary N) is 1. The van der Waals surface area contributed by atoms with Crippen molar-refractivity contribution >= 4 is 17.9 Å². The number of aliphatic hydroxyl groups is 1. The standard InChI is InChI=1S/C29H35N3O4/c1-32(19-17-27(34)31-25-14-12-22(21-33)13-15-25)18-16-26-20-30-28(36-26)29(35,23-8-4-2-5-9-23)24-10-6-3-7-11-24/h2,4-5,8-9,12-15,20-21,24,35H,3,6-7,10-11,16-19H2,1H3,(H,31,34). The van der Waals surface area contributed by atoms with Gasteiger partial charge < -0.3 is 19.7 Å². The fraction of sp³-hybridized carbons (Fsp3) is 0.414. The number of aldehydes is 1. The monoisotopic (exact) mass is 489 g/mol. The van der Waals surface area contributed by atoms with Crippen LogP contribution in [0.15, 0.2) is 65.2 Å². The Morgan fingerprint density at radius 3 is 2.53 bits per heavy atom. The zero-order valence-corrected chi connectivity index (χ0v) is 20.9. The first-order valence-corrected chi connectivity index (χ1v) is 12.8. The number of carbonyl (C=O) groups is 2. The first kappa shape index (κ1) is 25.8. The molecule has 1 saturated carbocycles. The number of hydrogen-bond donors (Lipinski definition) is 2. The number of likely N-dealkylation sites (N-methyl/N-ethyl adjacent to an activating group) is 1. The molecule has 2 N–H and O–H groups in total. The fourth-order valence-corrected chi connectivity index (χ4v) is 4.92. The molecule has 7 heteroatoms. The molecule has 0 aliphatic heterocycles. The second-order valence-corrected chi connectivity index (χ2v) is 9.69. The second-order valence-electron chi connectivity index (χ2n) is 9.69. The molecule has 2 aromatic carbocycles. The summed E-state index contributed by atoms with van der Waals surface area (Å²) in [6.45, 7) is 1.29. The van der Waals surface area contributed by atoms with Gasteiger partial charge in [0.2, 0.25) is 11.8 Å². The van der Waals surface area contributed by atoms with Gasteiger partial charge in [0, 0.05) is 43.1 Å². The van der Waals surface area contributed by atoms with Crippen molar-refractivity contribution in [2.75, 3.05) is 25.5 Å². The Hall–Kier alpha value is -3.29. The minimum atomic E-state index is -1.23. The molecule has 1 aliphatic carbocycles. The smallest absolute Gasteiger partial charge is 0.231 e. The molecule has 1 aliphatic rings. The molecule has 4 rings (SSSR count). The molecule has 36 heavy (non-hydrogen) atoms. The van der Waals surface area contributed by atoms with Gasteiger partial charge in [-0.05, 0) is 49.7 Å². The number of aromatic nitrogens is 1. The summed E-state index contributed by atoms with van der Waals surface area (Å²) in [5, 5.41) is 14.8. The summed E-state index contributed by atoms with van der Waals surface area (Å²) in [5.74, 6) is 1.10. The fourth-order valence-electron chi connectivity index (χ4n) is 4.92. The predicted molar refractivity (Wildman–Crippen MR) is 139 cm³/mol. The lowest BCUT2D eigenvalue weighted by molar-refractivity contribution is -0.116. The van der Waals surface area contributed by atoms with Gasteiger partial charge in [-0.2, -0.15) is 0 Å². The Morgan fingerprint density at radius 2 is 1.83 bits per heavy atom. The predicted octanol–water partition coefficient (Wildman–Crippen LogP) is 4.81. The van der Waals surface area contributed by atoms with Crippen molar-refractivity contribution in [2.45, 2.75) is 50.5 Å². The zero-order chi connectivity index (χ0) is 25.4. The van der Waals surface area contributed by atoms with Crippen LogP contribution in [0.1, 0.15) is 66.1 Å². The lowest BCUT2D eigenvalue weighted by atomic mass is 9.73.